The van der Waals surface area contributed by atoms with Crippen LogP contribution in [0.5, 0.6) is 0 Å². The van der Waals surface area contributed by atoms with Crippen molar-refractivity contribution in [1.29, 1.82) is 0 Å². The zero-order chi connectivity index (χ0) is 17.3. The second kappa shape index (κ2) is 6.79. The summed E-state index contributed by atoms with van der Waals surface area (Å²) in [6, 6.07) is 9.00. The van der Waals surface area contributed by atoms with Crippen molar-refractivity contribution in [1.82, 2.24) is 14.0 Å². The molecule has 0 radical (unpaired) electrons. The number of hydrogen-bond acceptors (Lipinski definition) is 3. The Balaban J connectivity index is 2.05. The minimum atomic E-state index is -0.329. The predicted molar refractivity (Wildman–Crippen MR) is 95.5 cm³/mol. The van der Waals surface area contributed by atoms with Crippen LogP contribution >= 0.6 is 11.6 Å². The molecule has 1 aromatic carbocycles. The zero-order valence-corrected chi connectivity index (χ0v) is 14.5. The summed E-state index contributed by atoms with van der Waals surface area (Å²) < 4.78 is 3.59. The predicted octanol–water partition coefficient (Wildman–Crippen LogP) is 3.29. The normalized spacial score (nSPS) is 12.7. The molecule has 126 valence electrons. The van der Waals surface area contributed by atoms with Gasteiger partial charge in [0.2, 0.25) is 5.78 Å². The SMILES string of the molecule is Cc1cc(=O)n2cc(-c3ccc(Cl)cc3)nc2n1CCCC(C)O. The van der Waals surface area contributed by atoms with Gasteiger partial charge >= 0.3 is 0 Å². The fourth-order valence-corrected chi connectivity index (χ4v) is 2.91. The van der Waals surface area contributed by atoms with Gasteiger partial charge in [-0.25, -0.2) is 4.98 Å². The Bertz CT molecular complexity index is 910. The summed E-state index contributed by atoms with van der Waals surface area (Å²) in [5.41, 5.74) is 2.42. The second-order valence-corrected chi connectivity index (χ2v) is 6.51. The molecule has 1 unspecified atom stereocenters. The first-order chi connectivity index (χ1) is 11.5. The molecular weight excluding hydrogens is 326 g/mol. The molecule has 0 saturated heterocycles. The average Bonchev–Trinajstić information content (AvgIpc) is 2.96. The Hall–Kier alpha value is -2.11. The topological polar surface area (TPSA) is 59.5 Å². The number of aromatic nitrogens is 3. The van der Waals surface area contributed by atoms with Gasteiger partial charge in [0.05, 0.1) is 11.8 Å². The highest BCUT2D eigenvalue weighted by molar-refractivity contribution is 6.30. The molecule has 0 fully saturated rings. The quantitative estimate of drug-likeness (QED) is 0.772. The molecule has 0 saturated carbocycles. The summed E-state index contributed by atoms with van der Waals surface area (Å²) in [4.78, 5) is 16.9. The Kier molecular flexibility index (Phi) is 4.73. The van der Waals surface area contributed by atoms with Gasteiger partial charge in [-0.15, -0.1) is 0 Å². The number of nitrogens with zero attached hydrogens (tertiary/aromatic N) is 3. The minimum Gasteiger partial charge on any atom is -0.393 e. The summed E-state index contributed by atoms with van der Waals surface area (Å²) in [6.07, 6.45) is 2.96. The summed E-state index contributed by atoms with van der Waals surface area (Å²) >= 11 is 5.93. The number of imidazole rings is 1. The number of aryl methyl sites for hydroxylation is 2. The second-order valence-electron chi connectivity index (χ2n) is 6.07. The number of hydrogen-bond donors (Lipinski definition) is 1. The smallest absolute Gasteiger partial charge is 0.259 e. The zero-order valence-electron chi connectivity index (χ0n) is 13.7. The van der Waals surface area contributed by atoms with Crippen LogP contribution in [0.4, 0.5) is 0 Å². The van der Waals surface area contributed by atoms with E-state index < -0.39 is 0 Å². The molecule has 6 heteroatoms. The number of aliphatic hydroxyl groups excluding tert-OH is 1. The summed E-state index contributed by atoms with van der Waals surface area (Å²) in [5.74, 6) is 0.621. The van der Waals surface area contributed by atoms with Gasteiger partial charge in [-0.05, 0) is 38.8 Å². The molecular formula is C18H20ClN3O2. The molecule has 0 aliphatic heterocycles. The van der Waals surface area contributed by atoms with Crippen molar-refractivity contribution in [3.63, 3.8) is 0 Å². The van der Waals surface area contributed by atoms with Crippen molar-refractivity contribution in [3.05, 3.63) is 57.6 Å². The van der Waals surface area contributed by atoms with E-state index in [4.69, 9.17) is 11.6 Å². The fourth-order valence-electron chi connectivity index (χ4n) is 2.79. The van der Waals surface area contributed by atoms with Crippen molar-refractivity contribution in [2.45, 2.75) is 39.3 Å². The van der Waals surface area contributed by atoms with Crippen LogP contribution in [0.1, 0.15) is 25.5 Å². The maximum atomic E-state index is 12.3. The van der Waals surface area contributed by atoms with Crippen molar-refractivity contribution >= 4 is 17.4 Å². The van der Waals surface area contributed by atoms with Crippen molar-refractivity contribution in [2.24, 2.45) is 0 Å². The van der Waals surface area contributed by atoms with Gasteiger partial charge in [-0.1, -0.05) is 23.7 Å². The van der Waals surface area contributed by atoms with Crippen LogP contribution in [0.25, 0.3) is 17.0 Å². The van der Waals surface area contributed by atoms with Crippen LogP contribution in [0.3, 0.4) is 0 Å². The lowest BCUT2D eigenvalue weighted by Crippen LogP contribution is -2.19. The van der Waals surface area contributed by atoms with E-state index in [1.807, 2.05) is 23.6 Å². The van der Waals surface area contributed by atoms with Crippen LogP contribution in [0.2, 0.25) is 5.02 Å². The van der Waals surface area contributed by atoms with Gasteiger partial charge in [-0.3, -0.25) is 9.20 Å². The largest absolute Gasteiger partial charge is 0.393 e. The number of halogens is 1. The van der Waals surface area contributed by atoms with Crippen LogP contribution in [-0.4, -0.2) is 25.2 Å². The van der Waals surface area contributed by atoms with Gasteiger partial charge < -0.3 is 9.67 Å². The molecule has 0 aliphatic rings. The Labute approximate surface area is 145 Å². The van der Waals surface area contributed by atoms with Crippen molar-refractivity contribution in [2.75, 3.05) is 0 Å². The maximum Gasteiger partial charge on any atom is 0.259 e. The van der Waals surface area contributed by atoms with E-state index in [1.165, 1.54) is 0 Å². The lowest BCUT2D eigenvalue weighted by molar-refractivity contribution is 0.179. The number of rotatable bonds is 5. The standard InChI is InChI=1S/C18H20ClN3O2/c1-12-10-17(24)22-11-16(14-5-7-15(19)8-6-14)20-18(22)21(12)9-3-4-13(2)23/h5-8,10-11,13,23H,3-4,9H2,1-2H3. The third kappa shape index (κ3) is 3.37. The van der Waals surface area contributed by atoms with Crippen LogP contribution in [0.15, 0.2) is 41.3 Å². The highest BCUT2D eigenvalue weighted by Crippen LogP contribution is 2.21. The molecule has 1 atom stereocenters. The first-order valence-corrected chi connectivity index (χ1v) is 8.37. The Morgan fingerprint density at radius 1 is 1.29 bits per heavy atom. The van der Waals surface area contributed by atoms with Gasteiger partial charge in [0.15, 0.2) is 0 Å². The van der Waals surface area contributed by atoms with E-state index >= 15 is 0 Å². The molecule has 0 bridgehead atoms. The summed E-state index contributed by atoms with van der Waals surface area (Å²) in [6.45, 7) is 4.39. The van der Waals surface area contributed by atoms with E-state index in [1.54, 1.807) is 35.7 Å². The molecule has 0 aliphatic carbocycles. The van der Waals surface area contributed by atoms with Gasteiger partial charge in [0.25, 0.3) is 5.56 Å². The van der Waals surface area contributed by atoms with Crippen molar-refractivity contribution in [3.8, 4) is 11.3 Å². The number of fused-ring (bicyclic) bond motifs is 1. The van der Waals surface area contributed by atoms with E-state index in [9.17, 15) is 9.90 Å². The van der Waals surface area contributed by atoms with Crippen LogP contribution in [-0.2, 0) is 6.54 Å². The Morgan fingerprint density at radius 3 is 2.67 bits per heavy atom. The van der Waals surface area contributed by atoms with Gasteiger partial charge in [0.1, 0.15) is 0 Å². The molecule has 0 amide bonds. The van der Waals surface area contributed by atoms with E-state index in [-0.39, 0.29) is 11.7 Å². The number of benzene rings is 1. The first-order valence-electron chi connectivity index (χ1n) is 7.99. The molecule has 0 spiro atoms. The molecule has 5 nitrogen and oxygen atoms in total. The summed E-state index contributed by atoms with van der Waals surface area (Å²) in [7, 11) is 0. The third-order valence-corrected chi connectivity index (χ3v) is 4.32. The van der Waals surface area contributed by atoms with Gasteiger partial charge in [0, 0.05) is 35.1 Å². The first kappa shape index (κ1) is 16.7. The molecule has 24 heavy (non-hydrogen) atoms. The monoisotopic (exact) mass is 345 g/mol. The van der Waals surface area contributed by atoms with E-state index in [2.05, 4.69) is 4.98 Å². The minimum absolute atomic E-state index is 0.0954. The van der Waals surface area contributed by atoms with Crippen molar-refractivity contribution < 1.29 is 5.11 Å². The summed E-state index contributed by atoms with van der Waals surface area (Å²) in [5, 5.41) is 10.1. The molecule has 2 aromatic heterocycles. The fraction of sp³-hybridized carbons (Fsp3) is 0.333. The third-order valence-electron chi connectivity index (χ3n) is 4.07. The van der Waals surface area contributed by atoms with E-state index in [0.29, 0.717) is 23.8 Å². The Morgan fingerprint density at radius 2 is 2.00 bits per heavy atom. The number of aliphatic hydroxyl groups is 1. The molecule has 2 heterocycles. The van der Waals surface area contributed by atoms with Crippen LogP contribution < -0.4 is 5.56 Å². The van der Waals surface area contributed by atoms with Crippen LogP contribution in [0, 0.1) is 6.92 Å². The molecule has 3 aromatic rings. The highest BCUT2D eigenvalue weighted by atomic mass is 35.5. The average molecular weight is 346 g/mol. The highest BCUT2D eigenvalue weighted by Gasteiger charge is 2.12. The lowest BCUT2D eigenvalue weighted by Gasteiger charge is -2.12. The molecule has 1 N–H and O–H groups in total. The molecule has 3 rings (SSSR count). The maximum absolute atomic E-state index is 12.3. The van der Waals surface area contributed by atoms with E-state index in [0.717, 1.165) is 23.4 Å². The lowest BCUT2D eigenvalue weighted by atomic mass is 10.2. The van der Waals surface area contributed by atoms with Gasteiger partial charge in [-0.2, -0.15) is 0 Å².